The second kappa shape index (κ2) is 13.0. The number of hydrogen-bond donors (Lipinski definition) is 3. The van der Waals surface area contributed by atoms with Crippen molar-refractivity contribution in [2.75, 3.05) is 25.5 Å². The predicted molar refractivity (Wildman–Crippen MR) is 214 cm³/mol. The summed E-state index contributed by atoms with van der Waals surface area (Å²) in [7, 11) is 1.97. The number of likely N-dealkylation sites (N-methyl/N-ethyl adjacent to an activating group) is 1. The highest BCUT2D eigenvalue weighted by Gasteiger charge is 2.66. The van der Waals surface area contributed by atoms with E-state index in [0.29, 0.717) is 45.0 Å². The Labute approximate surface area is 323 Å². The minimum absolute atomic E-state index is 0.0368. The normalized spacial score (nSPS) is 25.5. The Kier molecular flexibility index (Phi) is 8.45. The molecule has 4 aromatic heterocycles. The first-order valence-electron chi connectivity index (χ1n) is 19.0. The maximum Gasteiger partial charge on any atom is 0.355 e. The number of pyridine rings is 2. The highest BCUT2D eigenvalue weighted by atomic mass is 32.1. The molecule has 1 amide bonds. The van der Waals surface area contributed by atoms with E-state index in [-0.39, 0.29) is 33.4 Å². The molecule has 55 heavy (non-hydrogen) atoms. The first kappa shape index (κ1) is 35.6. The lowest BCUT2D eigenvalue weighted by Crippen LogP contribution is -2.64. The number of rotatable bonds is 11. The van der Waals surface area contributed by atoms with Crippen molar-refractivity contribution in [3.8, 4) is 22.4 Å². The van der Waals surface area contributed by atoms with Crippen LogP contribution < -0.4 is 10.6 Å². The van der Waals surface area contributed by atoms with E-state index in [9.17, 15) is 14.7 Å². The van der Waals surface area contributed by atoms with Crippen LogP contribution in [0, 0.1) is 23.2 Å². The maximum absolute atomic E-state index is 14.1. The molecular weight excluding hydrogens is 711 g/mol. The highest BCUT2D eigenvalue weighted by molar-refractivity contribution is 7.22. The predicted octanol–water partition coefficient (Wildman–Crippen LogP) is 8.38. The molecule has 4 saturated carbocycles. The molecule has 4 heterocycles. The molecule has 2 unspecified atom stereocenters. The Morgan fingerprint density at radius 2 is 1.62 bits per heavy atom. The van der Waals surface area contributed by atoms with Gasteiger partial charge >= 0.3 is 5.97 Å². The number of nitrogens with zero attached hydrogens (tertiary/aromatic N) is 5. The number of amides is 1. The fourth-order valence-corrected chi connectivity index (χ4v) is 12.2. The van der Waals surface area contributed by atoms with Crippen molar-refractivity contribution in [2.24, 2.45) is 16.2 Å². The molecule has 10 rings (SSSR count). The third-order valence-electron chi connectivity index (χ3n) is 12.2. The lowest BCUT2D eigenvalue weighted by Gasteiger charge is -2.69. The summed E-state index contributed by atoms with van der Waals surface area (Å²) in [5.41, 5.74) is 4.86. The molecule has 4 fully saturated rings. The van der Waals surface area contributed by atoms with Gasteiger partial charge in [-0.15, -0.1) is 0 Å². The lowest BCUT2D eigenvalue weighted by molar-refractivity contribution is -0.247. The number of carbonyl (C=O) groups excluding carboxylic acids is 1. The summed E-state index contributed by atoms with van der Waals surface area (Å²) >= 11 is 1.39. The number of carboxylic acids is 1. The second-order valence-corrected chi connectivity index (χ2v) is 18.1. The van der Waals surface area contributed by atoms with Crippen molar-refractivity contribution >= 4 is 49.5 Å². The van der Waals surface area contributed by atoms with Crippen LogP contribution in [-0.4, -0.2) is 67.5 Å². The van der Waals surface area contributed by atoms with Crippen LogP contribution in [0.3, 0.4) is 0 Å². The monoisotopic (exact) mass is 755 g/mol. The summed E-state index contributed by atoms with van der Waals surface area (Å²) in [5, 5.41) is 22.8. The van der Waals surface area contributed by atoms with E-state index in [0.717, 1.165) is 66.7 Å². The molecule has 0 aliphatic heterocycles. The molecule has 0 radical (unpaired) electrons. The van der Waals surface area contributed by atoms with Crippen LogP contribution in [0.5, 0.6) is 0 Å². The fraction of sp³-hybridized carbons (Fsp3) is 0.395. The van der Waals surface area contributed by atoms with Gasteiger partial charge in [0.15, 0.2) is 10.8 Å². The number of hydrogen-bond acceptors (Lipinski definition) is 9. The summed E-state index contributed by atoms with van der Waals surface area (Å²) in [4.78, 5) is 41.0. The van der Waals surface area contributed by atoms with E-state index in [1.54, 1.807) is 24.5 Å². The number of aromatic nitrogens is 5. The van der Waals surface area contributed by atoms with Crippen LogP contribution in [0.4, 0.5) is 5.13 Å². The summed E-state index contributed by atoms with van der Waals surface area (Å²) < 4.78 is 9.80. The van der Waals surface area contributed by atoms with Crippen molar-refractivity contribution in [1.82, 2.24) is 30.0 Å². The Bertz CT molecular complexity index is 2460. The first-order valence-corrected chi connectivity index (χ1v) is 19.8. The van der Waals surface area contributed by atoms with E-state index in [1.807, 2.05) is 62.5 Å². The van der Waals surface area contributed by atoms with E-state index in [4.69, 9.17) is 14.8 Å². The van der Waals surface area contributed by atoms with E-state index < -0.39 is 5.97 Å². The number of aromatic carboxylic acids is 1. The highest BCUT2D eigenvalue weighted by Crippen LogP contribution is 2.72. The Hall–Kier alpha value is -5.04. The zero-order valence-electron chi connectivity index (χ0n) is 31.6. The standard InChI is InChI=1S/C43H45N7O4S/c1-26-29(18-46-50(26)25-42-20-40(2)19-41(3,21-42)23-43(22-40,24-42)54-16-15-44-4)27-13-14-32(47-36(27)38(52)53)30-17-45-31-10-6-5-9-28(31)35(30)37(51)49-39-48-33-11-7-8-12-34(33)55-39/h5-14,17-18,44H,15-16,19-25H2,1-4H3,(H,52,53)(H,48,49,51). The minimum atomic E-state index is -1.17. The molecule has 2 atom stereocenters. The van der Waals surface area contributed by atoms with Crippen molar-refractivity contribution in [1.29, 1.82) is 0 Å². The lowest BCUT2D eigenvalue weighted by atomic mass is 9.39. The SMILES string of the molecule is CNCCOC12CC3(C)CC(C)(CC(Cn4ncc(-c5ccc(-c6cnc7ccccc7c6C(=O)Nc6nc7ccccc7s6)nc5C(=O)O)c4C)(C3)C1)C2. The molecule has 6 aromatic rings. The molecule has 4 aliphatic rings. The molecule has 12 heteroatoms. The van der Waals surface area contributed by atoms with Gasteiger partial charge in [0, 0.05) is 47.1 Å². The Morgan fingerprint density at radius 1 is 0.873 bits per heavy atom. The quantitative estimate of drug-likeness (QED) is 0.111. The third-order valence-corrected chi connectivity index (χ3v) is 13.1. The van der Waals surface area contributed by atoms with Gasteiger partial charge in [0.25, 0.3) is 5.91 Å². The molecular formula is C43H45N7O4S. The van der Waals surface area contributed by atoms with Gasteiger partial charge in [-0.05, 0) is 99.1 Å². The number of nitrogens with one attached hydrogen (secondary N) is 2. The van der Waals surface area contributed by atoms with Gasteiger partial charge in [-0.1, -0.05) is 55.5 Å². The zero-order valence-corrected chi connectivity index (χ0v) is 32.4. The van der Waals surface area contributed by atoms with Crippen LogP contribution >= 0.6 is 11.3 Å². The van der Waals surface area contributed by atoms with E-state index >= 15 is 0 Å². The van der Waals surface area contributed by atoms with Crippen LogP contribution in [0.2, 0.25) is 0 Å². The van der Waals surface area contributed by atoms with Crippen LogP contribution in [0.25, 0.3) is 43.5 Å². The number of benzene rings is 2. The van der Waals surface area contributed by atoms with Gasteiger partial charge < -0.3 is 15.2 Å². The third kappa shape index (κ3) is 6.30. The Morgan fingerprint density at radius 3 is 2.36 bits per heavy atom. The van der Waals surface area contributed by atoms with Gasteiger partial charge in [-0.2, -0.15) is 5.10 Å². The van der Waals surface area contributed by atoms with E-state index in [2.05, 4.69) is 39.1 Å². The van der Waals surface area contributed by atoms with Crippen LogP contribution in [0.15, 0.2) is 73.1 Å². The number of carbonyl (C=O) groups is 2. The number of thiazole rings is 1. The van der Waals surface area contributed by atoms with Crippen LogP contribution in [-0.2, 0) is 11.3 Å². The minimum Gasteiger partial charge on any atom is -0.476 e. The van der Waals surface area contributed by atoms with Gasteiger partial charge in [0.05, 0.1) is 45.4 Å². The average molecular weight is 756 g/mol. The van der Waals surface area contributed by atoms with Gasteiger partial charge in [-0.25, -0.2) is 14.8 Å². The molecule has 0 saturated heterocycles. The van der Waals surface area contributed by atoms with Gasteiger partial charge in [-0.3, -0.25) is 19.8 Å². The molecule has 282 valence electrons. The van der Waals surface area contributed by atoms with Crippen molar-refractivity contribution in [2.45, 2.75) is 71.4 Å². The molecule has 0 spiro atoms. The Balaban J connectivity index is 1.06. The summed E-state index contributed by atoms with van der Waals surface area (Å²) in [6.45, 7) is 9.20. The van der Waals surface area contributed by atoms with Crippen molar-refractivity contribution in [3.63, 3.8) is 0 Å². The van der Waals surface area contributed by atoms with Gasteiger partial charge in [0.2, 0.25) is 0 Å². The smallest absolute Gasteiger partial charge is 0.355 e. The molecule has 4 aliphatic carbocycles. The second-order valence-electron chi connectivity index (χ2n) is 17.0. The average Bonchev–Trinajstić information content (AvgIpc) is 3.70. The molecule has 3 N–H and O–H groups in total. The zero-order chi connectivity index (χ0) is 38.2. The maximum atomic E-state index is 14.1. The first-order chi connectivity index (χ1) is 26.4. The summed E-state index contributed by atoms with van der Waals surface area (Å²) in [6.07, 6.45) is 10.1. The van der Waals surface area contributed by atoms with Crippen molar-refractivity contribution < 1.29 is 19.4 Å². The summed E-state index contributed by atoms with van der Waals surface area (Å²) in [5.74, 6) is -1.55. The van der Waals surface area contributed by atoms with Crippen molar-refractivity contribution in [3.05, 3.63) is 90.0 Å². The number of fused-ring (bicyclic) bond motifs is 2. The molecule has 2 aromatic carbocycles. The largest absolute Gasteiger partial charge is 0.476 e. The fourth-order valence-electron chi connectivity index (χ4n) is 11.4. The number of anilines is 1. The number of carboxylic acid groups (broad SMARTS) is 1. The topological polar surface area (TPSA) is 144 Å². The molecule has 4 bridgehead atoms. The number of ether oxygens (including phenoxy) is 1. The summed E-state index contributed by atoms with van der Waals surface area (Å²) in [6, 6.07) is 18.6. The number of para-hydroxylation sites is 2. The van der Waals surface area contributed by atoms with Gasteiger partial charge in [0.1, 0.15) is 0 Å². The molecule has 11 nitrogen and oxygen atoms in total. The van der Waals surface area contributed by atoms with E-state index in [1.165, 1.54) is 17.8 Å². The van der Waals surface area contributed by atoms with Crippen LogP contribution in [0.1, 0.15) is 78.9 Å².